The second-order valence-corrected chi connectivity index (χ2v) is 2.05. The number of carbonyl (C=O) groups is 1. The monoisotopic (exact) mass is 155 g/mol. The van der Waals surface area contributed by atoms with Gasteiger partial charge in [0.2, 0.25) is 5.88 Å². The molecule has 0 saturated carbocycles. The summed E-state index contributed by atoms with van der Waals surface area (Å²) in [5, 5.41) is 3.83. The molecular formula is C6H9N3O2. The van der Waals surface area contributed by atoms with E-state index in [2.05, 4.69) is 5.10 Å². The Labute approximate surface area is 63.7 Å². The number of hydrogen-bond acceptors (Lipinski definition) is 3. The predicted molar refractivity (Wildman–Crippen MR) is 37.9 cm³/mol. The molecule has 0 aliphatic carbocycles. The Morgan fingerprint density at radius 1 is 1.91 bits per heavy atom. The first-order valence-electron chi connectivity index (χ1n) is 3.09. The highest BCUT2D eigenvalue weighted by Gasteiger charge is 1.99. The maximum atomic E-state index is 10.3. The van der Waals surface area contributed by atoms with Crippen LogP contribution in [0.1, 0.15) is 0 Å². The van der Waals surface area contributed by atoms with Crippen molar-refractivity contribution in [2.24, 2.45) is 12.8 Å². The van der Waals surface area contributed by atoms with Crippen molar-refractivity contribution in [2.75, 3.05) is 6.61 Å². The molecule has 0 bridgehead atoms. The number of primary amides is 1. The summed E-state index contributed by atoms with van der Waals surface area (Å²) in [6, 6.07) is 1.66. The quantitative estimate of drug-likeness (QED) is 0.626. The third kappa shape index (κ3) is 1.96. The molecule has 0 atom stereocenters. The van der Waals surface area contributed by atoms with Gasteiger partial charge in [0.15, 0.2) is 6.61 Å². The number of ether oxygens (including phenoxy) is 1. The topological polar surface area (TPSA) is 70.1 Å². The summed E-state index contributed by atoms with van der Waals surface area (Å²) in [5.74, 6) is 0.0370. The lowest BCUT2D eigenvalue weighted by atomic mass is 10.6. The van der Waals surface area contributed by atoms with Crippen LogP contribution in [0.4, 0.5) is 0 Å². The largest absolute Gasteiger partial charge is 0.468 e. The van der Waals surface area contributed by atoms with Gasteiger partial charge in [-0.3, -0.25) is 4.79 Å². The number of rotatable bonds is 3. The van der Waals surface area contributed by atoms with Crippen molar-refractivity contribution in [2.45, 2.75) is 0 Å². The first-order valence-corrected chi connectivity index (χ1v) is 3.09. The Hall–Kier alpha value is -1.52. The number of amides is 1. The maximum Gasteiger partial charge on any atom is 0.255 e. The normalized spacial score (nSPS) is 9.55. The molecule has 1 aromatic rings. The SMILES string of the molecule is Cn1nccc1OCC(N)=O. The molecule has 5 nitrogen and oxygen atoms in total. The fourth-order valence-corrected chi connectivity index (χ4v) is 0.648. The van der Waals surface area contributed by atoms with Crippen LogP contribution in [0, 0.1) is 0 Å². The van der Waals surface area contributed by atoms with Gasteiger partial charge in [-0.1, -0.05) is 0 Å². The Kier molecular flexibility index (Phi) is 2.10. The van der Waals surface area contributed by atoms with Gasteiger partial charge in [0, 0.05) is 13.1 Å². The van der Waals surface area contributed by atoms with Gasteiger partial charge in [-0.25, -0.2) is 4.68 Å². The lowest BCUT2D eigenvalue weighted by molar-refractivity contribution is -0.120. The zero-order valence-corrected chi connectivity index (χ0v) is 6.15. The van der Waals surface area contributed by atoms with Crippen molar-refractivity contribution in [3.63, 3.8) is 0 Å². The summed E-state index contributed by atoms with van der Waals surface area (Å²) in [7, 11) is 1.72. The Bertz CT molecular complexity index is 256. The van der Waals surface area contributed by atoms with E-state index in [9.17, 15) is 4.79 Å². The van der Waals surface area contributed by atoms with Crippen LogP contribution in [-0.4, -0.2) is 22.3 Å². The summed E-state index contributed by atoms with van der Waals surface area (Å²) in [4.78, 5) is 10.3. The molecule has 0 spiro atoms. The van der Waals surface area contributed by atoms with E-state index < -0.39 is 5.91 Å². The lowest BCUT2D eigenvalue weighted by Gasteiger charge is -2.01. The van der Waals surface area contributed by atoms with E-state index in [1.807, 2.05) is 0 Å². The van der Waals surface area contributed by atoms with E-state index >= 15 is 0 Å². The second kappa shape index (κ2) is 3.05. The molecule has 0 aromatic carbocycles. The van der Waals surface area contributed by atoms with E-state index in [0.29, 0.717) is 5.88 Å². The molecule has 60 valence electrons. The van der Waals surface area contributed by atoms with Gasteiger partial charge in [-0.2, -0.15) is 5.10 Å². The molecule has 0 radical (unpaired) electrons. The van der Waals surface area contributed by atoms with E-state index in [1.54, 1.807) is 19.3 Å². The zero-order chi connectivity index (χ0) is 8.27. The molecule has 1 rings (SSSR count). The fourth-order valence-electron chi connectivity index (χ4n) is 0.648. The molecule has 11 heavy (non-hydrogen) atoms. The van der Waals surface area contributed by atoms with Gasteiger partial charge in [0.1, 0.15) is 0 Å². The van der Waals surface area contributed by atoms with Crippen LogP contribution in [0.5, 0.6) is 5.88 Å². The van der Waals surface area contributed by atoms with Gasteiger partial charge < -0.3 is 10.5 Å². The van der Waals surface area contributed by atoms with Gasteiger partial charge in [-0.05, 0) is 0 Å². The highest BCUT2D eigenvalue weighted by Crippen LogP contribution is 2.05. The summed E-state index contributed by atoms with van der Waals surface area (Å²) in [6.45, 7) is -0.112. The first-order chi connectivity index (χ1) is 5.20. The number of hydrogen-bond donors (Lipinski definition) is 1. The number of aromatic nitrogens is 2. The van der Waals surface area contributed by atoms with E-state index in [-0.39, 0.29) is 6.61 Å². The van der Waals surface area contributed by atoms with Gasteiger partial charge >= 0.3 is 0 Å². The number of nitrogens with zero attached hydrogens (tertiary/aromatic N) is 2. The van der Waals surface area contributed by atoms with Crippen LogP contribution >= 0.6 is 0 Å². The molecule has 0 saturated heterocycles. The molecular weight excluding hydrogens is 146 g/mol. The molecule has 0 unspecified atom stereocenters. The Morgan fingerprint density at radius 2 is 2.64 bits per heavy atom. The molecule has 2 N–H and O–H groups in total. The summed E-state index contributed by atoms with van der Waals surface area (Å²) in [6.07, 6.45) is 1.58. The minimum absolute atomic E-state index is 0.112. The Balaban J connectivity index is 2.51. The number of nitrogens with two attached hydrogens (primary N) is 1. The first kappa shape index (κ1) is 7.59. The Morgan fingerprint density at radius 3 is 3.09 bits per heavy atom. The average molecular weight is 155 g/mol. The van der Waals surface area contributed by atoms with Crippen molar-refractivity contribution >= 4 is 5.91 Å². The molecule has 0 fully saturated rings. The zero-order valence-electron chi connectivity index (χ0n) is 6.15. The highest BCUT2D eigenvalue weighted by molar-refractivity contribution is 5.75. The highest BCUT2D eigenvalue weighted by atomic mass is 16.5. The van der Waals surface area contributed by atoms with Crippen molar-refractivity contribution in [3.8, 4) is 5.88 Å². The van der Waals surface area contributed by atoms with E-state index in [4.69, 9.17) is 10.5 Å². The average Bonchev–Trinajstić information content (AvgIpc) is 2.31. The number of aryl methyl sites for hydroxylation is 1. The molecule has 0 aliphatic heterocycles. The van der Waals surface area contributed by atoms with E-state index in [1.165, 1.54) is 4.68 Å². The van der Waals surface area contributed by atoms with Crippen LogP contribution in [0.2, 0.25) is 0 Å². The third-order valence-electron chi connectivity index (χ3n) is 1.14. The van der Waals surface area contributed by atoms with Crippen LogP contribution in [0.25, 0.3) is 0 Å². The van der Waals surface area contributed by atoms with Crippen LogP contribution < -0.4 is 10.5 Å². The van der Waals surface area contributed by atoms with Gasteiger partial charge in [0.25, 0.3) is 5.91 Å². The smallest absolute Gasteiger partial charge is 0.255 e. The minimum Gasteiger partial charge on any atom is -0.468 e. The molecule has 0 aliphatic rings. The van der Waals surface area contributed by atoms with Gasteiger partial charge in [-0.15, -0.1) is 0 Å². The summed E-state index contributed by atoms with van der Waals surface area (Å²) in [5.41, 5.74) is 4.87. The van der Waals surface area contributed by atoms with Crippen LogP contribution in [0.15, 0.2) is 12.3 Å². The lowest BCUT2D eigenvalue weighted by Crippen LogP contribution is -2.20. The molecule has 1 aromatic heterocycles. The molecule has 1 amide bonds. The van der Waals surface area contributed by atoms with E-state index in [0.717, 1.165) is 0 Å². The summed E-state index contributed by atoms with van der Waals surface area (Å²) < 4.78 is 6.48. The van der Waals surface area contributed by atoms with Gasteiger partial charge in [0.05, 0.1) is 6.20 Å². The van der Waals surface area contributed by atoms with Crippen LogP contribution in [-0.2, 0) is 11.8 Å². The second-order valence-electron chi connectivity index (χ2n) is 2.05. The van der Waals surface area contributed by atoms with Crippen molar-refractivity contribution in [1.82, 2.24) is 9.78 Å². The molecule has 1 heterocycles. The molecule has 5 heteroatoms. The van der Waals surface area contributed by atoms with Crippen LogP contribution in [0.3, 0.4) is 0 Å². The standard InChI is InChI=1S/C6H9N3O2/c1-9-6(2-3-8-9)11-4-5(7)10/h2-3H,4H2,1H3,(H2,7,10). The third-order valence-corrected chi connectivity index (χ3v) is 1.14. The van der Waals surface area contributed by atoms with Crippen molar-refractivity contribution in [3.05, 3.63) is 12.3 Å². The van der Waals surface area contributed by atoms with Crippen molar-refractivity contribution < 1.29 is 9.53 Å². The number of carbonyl (C=O) groups excluding carboxylic acids is 1. The summed E-state index contributed by atoms with van der Waals surface area (Å²) >= 11 is 0. The minimum atomic E-state index is -0.494. The fraction of sp³-hybridized carbons (Fsp3) is 0.333. The maximum absolute atomic E-state index is 10.3. The predicted octanol–water partition coefficient (Wildman–Crippen LogP) is -0.716. The van der Waals surface area contributed by atoms with Crippen molar-refractivity contribution in [1.29, 1.82) is 0 Å².